The number of hydrogen-bond acceptors (Lipinski definition) is 1. The number of rotatable bonds is 5. The van der Waals surface area contributed by atoms with E-state index in [1.807, 2.05) is 0 Å². The molecule has 0 unspecified atom stereocenters. The van der Waals surface area contributed by atoms with E-state index in [1.54, 1.807) is 0 Å². The molecule has 0 aromatic heterocycles. The number of likely N-dealkylation sites (tertiary alicyclic amines) is 1. The lowest BCUT2D eigenvalue weighted by Gasteiger charge is -2.51. The molecule has 0 aromatic carbocycles. The van der Waals surface area contributed by atoms with E-state index in [0.29, 0.717) is 5.41 Å². The molecule has 1 nitrogen and oxygen atoms in total. The Balaban J connectivity index is 2.44. The minimum absolute atomic E-state index is 0.355. The normalized spacial score (nSPS) is 18.9. The monoisotopic (exact) mass is 193 g/mol. The summed E-state index contributed by atoms with van der Waals surface area (Å²) >= 11 is 0. The Hall–Kier alpha value is -0.720. The van der Waals surface area contributed by atoms with Crippen LogP contribution in [-0.4, -0.2) is 18.0 Å². The van der Waals surface area contributed by atoms with Gasteiger partial charge in [0.05, 0.1) is 0 Å². The van der Waals surface area contributed by atoms with Crippen molar-refractivity contribution in [1.82, 2.24) is 4.90 Å². The molecule has 0 amide bonds. The molecule has 0 radical (unpaired) electrons. The van der Waals surface area contributed by atoms with Crippen molar-refractivity contribution in [2.24, 2.45) is 5.41 Å². The van der Waals surface area contributed by atoms with Gasteiger partial charge in [0, 0.05) is 24.2 Å². The van der Waals surface area contributed by atoms with Gasteiger partial charge in [-0.05, 0) is 12.8 Å². The summed E-state index contributed by atoms with van der Waals surface area (Å²) in [4.78, 5) is 2.38. The molecular formula is C13H23N. The first-order valence-corrected chi connectivity index (χ1v) is 5.64. The Morgan fingerprint density at radius 1 is 1.29 bits per heavy atom. The first-order chi connectivity index (χ1) is 6.53. The van der Waals surface area contributed by atoms with Crippen LogP contribution in [0.25, 0.3) is 0 Å². The maximum atomic E-state index is 4.20. The van der Waals surface area contributed by atoms with Crippen molar-refractivity contribution in [3.63, 3.8) is 0 Å². The summed E-state index contributed by atoms with van der Waals surface area (Å²) in [7, 11) is 0. The molecule has 0 aromatic rings. The summed E-state index contributed by atoms with van der Waals surface area (Å²) in [5, 5.41) is 0. The summed E-state index contributed by atoms with van der Waals surface area (Å²) in [6.07, 6.45) is 3.45. The molecule has 0 saturated carbocycles. The fourth-order valence-corrected chi connectivity index (χ4v) is 2.07. The van der Waals surface area contributed by atoms with E-state index in [1.165, 1.54) is 24.1 Å². The van der Waals surface area contributed by atoms with Gasteiger partial charge in [0.2, 0.25) is 0 Å². The van der Waals surface area contributed by atoms with Gasteiger partial charge in [-0.2, -0.15) is 0 Å². The highest BCUT2D eigenvalue weighted by Gasteiger charge is 2.40. The third kappa shape index (κ3) is 2.02. The van der Waals surface area contributed by atoms with Gasteiger partial charge in [0.15, 0.2) is 0 Å². The van der Waals surface area contributed by atoms with Crippen LogP contribution in [0.1, 0.15) is 40.0 Å². The average molecular weight is 193 g/mol. The van der Waals surface area contributed by atoms with E-state index in [9.17, 15) is 0 Å². The Morgan fingerprint density at radius 3 is 2.29 bits per heavy atom. The zero-order valence-corrected chi connectivity index (χ0v) is 9.90. The number of hydrogen-bond donors (Lipinski definition) is 0. The summed E-state index contributed by atoms with van der Waals surface area (Å²) in [6.45, 7) is 17.2. The van der Waals surface area contributed by atoms with Crippen molar-refractivity contribution < 1.29 is 0 Å². The highest BCUT2D eigenvalue weighted by molar-refractivity contribution is 5.19. The van der Waals surface area contributed by atoms with Crippen LogP contribution in [0, 0.1) is 5.41 Å². The lowest BCUT2D eigenvalue weighted by atomic mass is 9.74. The summed E-state index contributed by atoms with van der Waals surface area (Å²) in [5.74, 6) is 0. The molecule has 0 N–H and O–H groups in total. The zero-order valence-electron chi connectivity index (χ0n) is 9.90. The minimum Gasteiger partial charge on any atom is -0.373 e. The zero-order chi connectivity index (χ0) is 10.8. The first-order valence-electron chi connectivity index (χ1n) is 5.64. The van der Waals surface area contributed by atoms with Crippen molar-refractivity contribution in [3.8, 4) is 0 Å². The van der Waals surface area contributed by atoms with E-state index in [2.05, 4.69) is 38.8 Å². The van der Waals surface area contributed by atoms with Gasteiger partial charge >= 0.3 is 0 Å². The Bertz CT molecular complexity index is 234. The molecule has 14 heavy (non-hydrogen) atoms. The van der Waals surface area contributed by atoms with Crippen LogP contribution in [-0.2, 0) is 0 Å². The molecule has 0 atom stereocenters. The lowest BCUT2D eigenvalue weighted by molar-refractivity contribution is 0.0748. The quantitative estimate of drug-likeness (QED) is 0.603. The van der Waals surface area contributed by atoms with Crippen LogP contribution in [0.5, 0.6) is 0 Å². The molecular weight excluding hydrogens is 170 g/mol. The second kappa shape index (κ2) is 4.20. The predicted octanol–water partition coefficient (Wildman–Crippen LogP) is 3.59. The fraction of sp³-hybridized carbons (Fsp3) is 0.692. The van der Waals surface area contributed by atoms with Crippen molar-refractivity contribution in [2.45, 2.75) is 40.0 Å². The van der Waals surface area contributed by atoms with Crippen LogP contribution < -0.4 is 0 Å². The molecule has 1 aliphatic heterocycles. The van der Waals surface area contributed by atoms with E-state index in [-0.39, 0.29) is 0 Å². The number of nitrogens with zero attached hydrogens (tertiary/aromatic N) is 1. The SMILES string of the molecule is C=C(CC)N1CC(C)(C(=C)CCC)C1. The third-order valence-electron chi connectivity index (χ3n) is 3.34. The standard InChI is InChI=1S/C13H23N/c1-6-8-11(3)13(5)9-14(10-13)12(4)7-2/h3-4,6-10H2,1-2,5H3. The number of allylic oxidation sites excluding steroid dienone is 1. The summed E-state index contributed by atoms with van der Waals surface area (Å²) < 4.78 is 0. The topological polar surface area (TPSA) is 3.24 Å². The Morgan fingerprint density at radius 2 is 1.86 bits per heavy atom. The maximum absolute atomic E-state index is 4.20. The summed E-state index contributed by atoms with van der Waals surface area (Å²) in [5.41, 5.74) is 3.04. The van der Waals surface area contributed by atoms with Crippen molar-refractivity contribution >= 4 is 0 Å². The highest BCUT2D eigenvalue weighted by Crippen LogP contribution is 2.40. The van der Waals surface area contributed by atoms with Gasteiger partial charge in [-0.3, -0.25) is 0 Å². The summed E-state index contributed by atoms with van der Waals surface area (Å²) in [6, 6.07) is 0. The first kappa shape index (κ1) is 11.4. The molecule has 1 aliphatic rings. The van der Waals surface area contributed by atoms with Crippen LogP contribution in [0.4, 0.5) is 0 Å². The van der Waals surface area contributed by atoms with Gasteiger partial charge in [-0.25, -0.2) is 0 Å². The average Bonchev–Trinajstić information content (AvgIpc) is 2.12. The molecule has 1 heteroatoms. The van der Waals surface area contributed by atoms with Gasteiger partial charge in [0.1, 0.15) is 0 Å². The van der Waals surface area contributed by atoms with E-state index in [0.717, 1.165) is 19.5 Å². The predicted molar refractivity (Wildman–Crippen MR) is 63.2 cm³/mol. The van der Waals surface area contributed by atoms with Gasteiger partial charge in [-0.1, -0.05) is 45.9 Å². The van der Waals surface area contributed by atoms with Crippen molar-refractivity contribution in [2.75, 3.05) is 13.1 Å². The van der Waals surface area contributed by atoms with E-state index < -0.39 is 0 Å². The molecule has 1 rings (SSSR count). The van der Waals surface area contributed by atoms with Crippen LogP contribution in [0.2, 0.25) is 0 Å². The second-order valence-corrected chi connectivity index (χ2v) is 4.69. The Labute approximate surface area is 88.5 Å². The smallest absolute Gasteiger partial charge is 0.0283 e. The molecule has 80 valence electrons. The largest absolute Gasteiger partial charge is 0.373 e. The van der Waals surface area contributed by atoms with E-state index in [4.69, 9.17) is 0 Å². The third-order valence-corrected chi connectivity index (χ3v) is 3.34. The van der Waals surface area contributed by atoms with Crippen LogP contribution >= 0.6 is 0 Å². The van der Waals surface area contributed by atoms with Gasteiger partial charge in [0.25, 0.3) is 0 Å². The second-order valence-electron chi connectivity index (χ2n) is 4.69. The molecule has 0 spiro atoms. The van der Waals surface area contributed by atoms with Crippen molar-refractivity contribution in [3.05, 3.63) is 24.4 Å². The maximum Gasteiger partial charge on any atom is 0.0283 e. The van der Waals surface area contributed by atoms with Gasteiger partial charge < -0.3 is 4.90 Å². The molecule has 1 heterocycles. The van der Waals surface area contributed by atoms with Crippen LogP contribution in [0.15, 0.2) is 24.4 Å². The molecule has 1 saturated heterocycles. The Kier molecular flexibility index (Phi) is 3.41. The van der Waals surface area contributed by atoms with E-state index >= 15 is 0 Å². The molecule has 1 fully saturated rings. The highest BCUT2D eigenvalue weighted by atomic mass is 15.2. The van der Waals surface area contributed by atoms with Gasteiger partial charge in [-0.15, -0.1) is 0 Å². The minimum atomic E-state index is 0.355. The lowest BCUT2D eigenvalue weighted by Crippen LogP contribution is -2.54. The van der Waals surface area contributed by atoms with Crippen LogP contribution in [0.3, 0.4) is 0 Å². The molecule has 0 aliphatic carbocycles. The van der Waals surface area contributed by atoms with Crippen molar-refractivity contribution in [1.29, 1.82) is 0 Å². The molecule has 0 bridgehead atoms. The fourth-order valence-electron chi connectivity index (χ4n) is 2.07.